The Kier molecular flexibility index (Phi) is 4.03. The average molecular weight is 271 g/mol. The zero-order chi connectivity index (χ0) is 14.7. The van der Waals surface area contributed by atoms with Crippen LogP contribution in [0.5, 0.6) is 0 Å². The topological polar surface area (TPSA) is 66.4 Å². The minimum Gasteiger partial charge on any atom is -0.480 e. The van der Waals surface area contributed by atoms with E-state index in [0.29, 0.717) is 0 Å². The van der Waals surface area contributed by atoms with Crippen LogP contribution < -0.4 is 5.32 Å². The Morgan fingerprint density at radius 1 is 1.10 bits per heavy atom. The van der Waals surface area contributed by atoms with Crippen LogP contribution in [0.3, 0.4) is 0 Å². The molecule has 0 aliphatic heterocycles. The fraction of sp³-hybridized carbons (Fsp3) is 0.250. The molecule has 0 aromatic heterocycles. The molecule has 4 heteroatoms. The van der Waals surface area contributed by atoms with Crippen molar-refractivity contribution in [3.63, 3.8) is 0 Å². The van der Waals surface area contributed by atoms with Crippen LogP contribution in [0.2, 0.25) is 0 Å². The molecule has 20 heavy (non-hydrogen) atoms. The van der Waals surface area contributed by atoms with Gasteiger partial charge in [-0.1, -0.05) is 49.4 Å². The fourth-order valence-electron chi connectivity index (χ4n) is 2.30. The van der Waals surface area contributed by atoms with Crippen molar-refractivity contribution in [2.24, 2.45) is 0 Å². The van der Waals surface area contributed by atoms with Crippen molar-refractivity contribution in [3.8, 4) is 0 Å². The summed E-state index contributed by atoms with van der Waals surface area (Å²) in [7, 11) is 0. The van der Waals surface area contributed by atoms with Crippen LogP contribution in [-0.2, 0) is 9.59 Å². The molecule has 2 aromatic rings. The standard InChI is InChI=1S/C16H17NO3/c1-10(15(16(19)20)17-11(2)18)13-8-7-12-5-3-4-6-14(12)9-13/h3-10,15H,1-2H3,(H,17,18)(H,19,20)/t10-,15+/m0/s1. The number of fused-ring (bicyclic) bond motifs is 1. The summed E-state index contributed by atoms with van der Waals surface area (Å²) in [5, 5.41) is 13.9. The Morgan fingerprint density at radius 3 is 2.35 bits per heavy atom. The lowest BCUT2D eigenvalue weighted by atomic mass is 9.91. The first-order chi connectivity index (χ1) is 9.49. The molecule has 104 valence electrons. The van der Waals surface area contributed by atoms with Crippen molar-refractivity contribution in [2.75, 3.05) is 0 Å². The van der Waals surface area contributed by atoms with E-state index < -0.39 is 12.0 Å². The molecule has 1 amide bonds. The van der Waals surface area contributed by atoms with Gasteiger partial charge in [-0.2, -0.15) is 0 Å². The smallest absolute Gasteiger partial charge is 0.326 e. The van der Waals surface area contributed by atoms with Gasteiger partial charge in [0.2, 0.25) is 5.91 Å². The van der Waals surface area contributed by atoms with Gasteiger partial charge in [0.15, 0.2) is 0 Å². The number of carboxylic acid groups (broad SMARTS) is 1. The largest absolute Gasteiger partial charge is 0.480 e. The zero-order valence-corrected chi connectivity index (χ0v) is 11.5. The van der Waals surface area contributed by atoms with Gasteiger partial charge in [-0.05, 0) is 16.3 Å². The van der Waals surface area contributed by atoms with E-state index in [9.17, 15) is 14.7 Å². The second-order valence-electron chi connectivity index (χ2n) is 4.91. The van der Waals surface area contributed by atoms with Gasteiger partial charge in [0.1, 0.15) is 6.04 Å². The average Bonchev–Trinajstić information content (AvgIpc) is 2.43. The third kappa shape index (κ3) is 2.96. The molecule has 0 fully saturated rings. The number of hydrogen-bond acceptors (Lipinski definition) is 2. The van der Waals surface area contributed by atoms with Gasteiger partial charge in [-0.3, -0.25) is 4.79 Å². The highest BCUT2D eigenvalue weighted by molar-refractivity contribution is 5.85. The molecule has 2 aromatic carbocycles. The van der Waals surface area contributed by atoms with Crippen molar-refractivity contribution in [2.45, 2.75) is 25.8 Å². The Hall–Kier alpha value is -2.36. The number of amides is 1. The summed E-state index contributed by atoms with van der Waals surface area (Å²) >= 11 is 0. The quantitative estimate of drug-likeness (QED) is 0.898. The van der Waals surface area contributed by atoms with Crippen molar-refractivity contribution < 1.29 is 14.7 Å². The van der Waals surface area contributed by atoms with Crippen LogP contribution >= 0.6 is 0 Å². The summed E-state index contributed by atoms with van der Waals surface area (Å²) in [6.45, 7) is 3.13. The molecular weight excluding hydrogens is 254 g/mol. The second-order valence-corrected chi connectivity index (χ2v) is 4.91. The molecule has 0 spiro atoms. The molecule has 2 atom stereocenters. The summed E-state index contributed by atoms with van der Waals surface area (Å²) < 4.78 is 0. The van der Waals surface area contributed by atoms with Crippen molar-refractivity contribution in [1.29, 1.82) is 0 Å². The maximum atomic E-state index is 11.3. The number of carbonyl (C=O) groups excluding carboxylic acids is 1. The van der Waals surface area contributed by atoms with E-state index in [0.717, 1.165) is 16.3 Å². The molecule has 0 saturated carbocycles. The monoisotopic (exact) mass is 271 g/mol. The van der Waals surface area contributed by atoms with E-state index >= 15 is 0 Å². The van der Waals surface area contributed by atoms with Crippen LogP contribution in [0.25, 0.3) is 10.8 Å². The predicted octanol–water partition coefficient (Wildman–Crippen LogP) is 2.53. The van der Waals surface area contributed by atoms with Crippen LogP contribution in [-0.4, -0.2) is 23.0 Å². The Morgan fingerprint density at radius 2 is 1.75 bits per heavy atom. The van der Waals surface area contributed by atoms with E-state index in [1.807, 2.05) is 42.5 Å². The number of carbonyl (C=O) groups is 2. The fourth-order valence-corrected chi connectivity index (χ4v) is 2.30. The SMILES string of the molecule is CC(=O)N[C@@H](C(=O)O)[C@@H](C)c1ccc2ccccc2c1. The van der Waals surface area contributed by atoms with Crippen LogP contribution in [0.4, 0.5) is 0 Å². The van der Waals surface area contributed by atoms with Crippen molar-refractivity contribution in [1.82, 2.24) is 5.32 Å². The van der Waals surface area contributed by atoms with Crippen LogP contribution in [0.1, 0.15) is 25.3 Å². The van der Waals surface area contributed by atoms with Gasteiger partial charge in [-0.15, -0.1) is 0 Å². The molecular formula is C16H17NO3. The third-order valence-corrected chi connectivity index (χ3v) is 3.42. The highest BCUT2D eigenvalue weighted by Gasteiger charge is 2.26. The molecule has 0 aliphatic rings. The Balaban J connectivity index is 2.35. The summed E-state index contributed by atoms with van der Waals surface area (Å²) in [6, 6.07) is 12.8. The molecule has 4 nitrogen and oxygen atoms in total. The lowest BCUT2D eigenvalue weighted by molar-refractivity contribution is -0.142. The Labute approximate surface area is 117 Å². The molecule has 0 radical (unpaired) electrons. The molecule has 2 rings (SSSR count). The van der Waals surface area contributed by atoms with Crippen LogP contribution in [0, 0.1) is 0 Å². The first kappa shape index (κ1) is 14.1. The highest BCUT2D eigenvalue weighted by Crippen LogP contribution is 2.24. The number of nitrogens with one attached hydrogen (secondary N) is 1. The number of hydrogen-bond donors (Lipinski definition) is 2. The lowest BCUT2D eigenvalue weighted by Gasteiger charge is -2.21. The molecule has 0 unspecified atom stereocenters. The van der Waals surface area contributed by atoms with E-state index in [2.05, 4.69) is 5.32 Å². The highest BCUT2D eigenvalue weighted by atomic mass is 16.4. The van der Waals surface area contributed by atoms with Gasteiger partial charge in [0.25, 0.3) is 0 Å². The molecule has 0 saturated heterocycles. The lowest BCUT2D eigenvalue weighted by Crippen LogP contribution is -2.43. The van der Waals surface area contributed by atoms with Gasteiger partial charge >= 0.3 is 5.97 Å². The van der Waals surface area contributed by atoms with Gasteiger partial charge in [0, 0.05) is 12.8 Å². The maximum Gasteiger partial charge on any atom is 0.326 e. The molecule has 0 heterocycles. The number of benzene rings is 2. The van der Waals surface area contributed by atoms with E-state index in [1.165, 1.54) is 6.92 Å². The minimum atomic E-state index is -1.03. The van der Waals surface area contributed by atoms with E-state index in [4.69, 9.17) is 0 Å². The predicted molar refractivity (Wildman–Crippen MR) is 77.6 cm³/mol. The van der Waals surface area contributed by atoms with Crippen molar-refractivity contribution >= 4 is 22.6 Å². The normalized spacial score (nSPS) is 13.7. The summed E-state index contributed by atoms with van der Waals surface area (Å²) in [4.78, 5) is 22.4. The first-order valence-electron chi connectivity index (χ1n) is 6.47. The first-order valence-corrected chi connectivity index (χ1v) is 6.47. The van der Waals surface area contributed by atoms with Crippen LogP contribution in [0.15, 0.2) is 42.5 Å². The number of aliphatic carboxylic acids is 1. The van der Waals surface area contributed by atoms with E-state index in [1.54, 1.807) is 6.92 Å². The molecule has 2 N–H and O–H groups in total. The van der Waals surface area contributed by atoms with Gasteiger partial charge in [-0.25, -0.2) is 4.79 Å². The van der Waals surface area contributed by atoms with E-state index in [-0.39, 0.29) is 11.8 Å². The maximum absolute atomic E-state index is 11.3. The van der Waals surface area contributed by atoms with Gasteiger partial charge in [0.05, 0.1) is 0 Å². The number of carboxylic acids is 1. The summed E-state index contributed by atoms with van der Waals surface area (Å²) in [5.41, 5.74) is 0.893. The summed E-state index contributed by atoms with van der Waals surface area (Å²) in [6.07, 6.45) is 0. The zero-order valence-electron chi connectivity index (χ0n) is 11.5. The second kappa shape index (κ2) is 5.74. The van der Waals surface area contributed by atoms with Crippen molar-refractivity contribution in [3.05, 3.63) is 48.0 Å². The molecule has 0 aliphatic carbocycles. The molecule has 0 bridgehead atoms. The van der Waals surface area contributed by atoms with Gasteiger partial charge < -0.3 is 10.4 Å². The minimum absolute atomic E-state index is 0.305. The summed E-state index contributed by atoms with van der Waals surface area (Å²) in [5.74, 6) is -1.67. The number of rotatable bonds is 4. The Bertz CT molecular complexity index is 651. The third-order valence-electron chi connectivity index (χ3n) is 3.42.